The molecule has 0 unspecified atom stereocenters. The zero-order valence-electron chi connectivity index (χ0n) is 18.8. The molecule has 2 N–H and O–H groups in total. The lowest BCUT2D eigenvalue weighted by molar-refractivity contribution is -0.114. The Morgan fingerprint density at radius 3 is 2.24 bits per heavy atom. The Morgan fingerprint density at radius 1 is 0.879 bits per heavy atom. The summed E-state index contributed by atoms with van der Waals surface area (Å²) in [6.45, 7) is 3.70. The van der Waals surface area contributed by atoms with Crippen molar-refractivity contribution in [2.24, 2.45) is 0 Å². The summed E-state index contributed by atoms with van der Waals surface area (Å²) in [6, 6.07) is 14.4. The third kappa shape index (κ3) is 6.04. The highest BCUT2D eigenvalue weighted by Gasteiger charge is 2.26. The van der Waals surface area contributed by atoms with Crippen LogP contribution in [0.1, 0.15) is 25.7 Å². The number of carbonyl (C=O) groups excluding carboxylic acids is 1. The molecule has 0 aromatic heterocycles. The highest BCUT2D eigenvalue weighted by Crippen LogP contribution is 2.28. The number of anilines is 3. The van der Waals surface area contributed by atoms with Gasteiger partial charge in [0, 0.05) is 31.9 Å². The van der Waals surface area contributed by atoms with Gasteiger partial charge in [-0.15, -0.1) is 0 Å². The van der Waals surface area contributed by atoms with Crippen LogP contribution in [0.25, 0.3) is 0 Å². The molecule has 2 aromatic rings. The number of sulfonamides is 1. The van der Waals surface area contributed by atoms with Crippen LogP contribution in [0.3, 0.4) is 0 Å². The Morgan fingerprint density at radius 2 is 1.55 bits per heavy atom. The number of hydrogen-bond acceptors (Lipinski definition) is 6. The van der Waals surface area contributed by atoms with Crippen LogP contribution < -0.4 is 15.5 Å². The van der Waals surface area contributed by atoms with Crippen LogP contribution in [0, 0.1) is 0 Å². The summed E-state index contributed by atoms with van der Waals surface area (Å²) >= 11 is 0. The van der Waals surface area contributed by atoms with Crippen molar-refractivity contribution in [3.8, 4) is 0 Å². The highest BCUT2D eigenvalue weighted by molar-refractivity contribution is 7.89. The van der Waals surface area contributed by atoms with E-state index >= 15 is 0 Å². The van der Waals surface area contributed by atoms with Crippen molar-refractivity contribution < 1.29 is 17.9 Å². The minimum absolute atomic E-state index is 0.124. The van der Waals surface area contributed by atoms with Gasteiger partial charge < -0.3 is 20.3 Å². The lowest BCUT2D eigenvalue weighted by Crippen LogP contribution is -2.40. The molecule has 2 aliphatic heterocycles. The second kappa shape index (κ2) is 11.0. The second-order valence-corrected chi connectivity index (χ2v) is 10.3. The van der Waals surface area contributed by atoms with Gasteiger partial charge in [0.2, 0.25) is 15.9 Å². The Kier molecular flexibility index (Phi) is 7.85. The minimum Gasteiger partial charge on any atom is -0.379 e. The zero-order chi connectivity index (χ0) is 23.1. The monoisotopic (exact) mass is 472 g/mol. The van der Waals surface area contributed by atoms with E-state index in [1.807, 2.05) is 18.2 Å². The van der Waals surface area contributed by atoms with Gasteiger partial charge in [0.25, 0.3) is 0 Å². The van der Waals surface area contributed by atoms with Crippen LogP contribution in [0.15, 0.2) is 53.4 Å². The van der Waals surface area contributed by atoms with Crippen LogP contribution in [-0.4, -0.2) is 64.6 Å². The van der Waals surface area contributed by atoms with Crippen molar-refractivity contribution in [1.82, 2.24) is 4.31 Å². The predicted octanol–water partition coefficient (Wildman–Crippen LogP) is 3.14. The topological polar surface area (TPSA) is 91.0 Å². The summed E-state index contributed by atoms with van der Waals surface area (Å²) < 4.78 is 32.1. The van der Waals surface area contributed by atoms with Crippen molar-refractivity contribution >= 4 is 33.0 Å². The van der Waals surface area contributed by atoms with E-state index in [4.69, 9.17) is 4.74 Å². The van der Waals surface area contributed by atoms with Gasteiger partial charge in [-0.1, -0.05) is 25.0 Å². The van der Waals surface area contributed by atoms with Gasteiger partial charge in [0.1, 0.15) is 0 Å². The molecule has 33 heavy (non-hydrogen) atoms. The van der Waals surface area contributed by atoms with Gasteiger partial charge in [-0.3, -0.25) is 4.79 Å². The van der Waals surface area contributed by atoms with Gasteiger partial charge in [-0.05, 0) is 49.2 Å². The molecular formula is C24H32N4O4S. The maximum Gasteiger partial charge on any atom is 0.243 e. The van der Waals surface area contributed by atoms with E-state index in [0.717, 1.165) is 24.5 Å². The predicted molar refractivity (Wildman–Crippen MR) is 130 cm³/mol. The molecule has 178 valence electrons. The van der Waals surface area contributed by atoms with Crippen molar-refractivity contribution in [3.63, 3.8) is 0 Å². The summed E-state index contributed by atoms with van der Waals surface area (Å²) in [7, 11) is -3.55. The number of rotatable bonds is 7. The lowest BCUT2D eigenvalue weighted by atomic mass is 10.2. The SMILES string of the molecule is O=C(CNc1ccccc1N1CCCCCC1)Nc1ccc(S(=O)(=O)N2CCOCC2)cc1. The third-order valence-electron chi connectivity index (χ3n) is 6.04. The Hall–Kier alpha value is -2.62. The number of amides is 1. The number of morpholine rings is 1. The molecule has 8 nitrogen and oxygen atoms in total. The first-order valence-electron chi connectivity index (χ1n) is 11.6. The molecule has 0 spiro atoms. The Bertz CT molecular complexity index is 1030. The average molecular weight is 473 g/mol. The maximum absolute atomic E-state index is 12.7. The van der Waals surface area contributed by atoms with Crippen molar-refractivity contribution in [2.75, 3.05) is 61.5 Å². The molecule has 0 aliphatic carbocycles. The summed E-state index contributed by atoms with van der Waals surface area (Å²) in [4.78, 5) is 15.1. The van der Waals surface area contributed by atoms with E-state index < -0.39 is 10.0 Å². The minimum atomic E-state index is -3.55. The van der Waals surface area contributed by atoms with Crippen LogP contribution in [0.2, 0.25) is 0 Å². The Balaban J connectivity index is 1.34. The molecule has 0 radical (unpaired) electrons. The summed E-state index contributed by atoms with van der Waals surface area (Å²) in [6.07, 6.45) is 4.90. The lowest BCUT2D eigenvalue weighted by Gasteiger charge is -2.26. The number of para-hydroxylation sites is 2. The van der Waals surface area contributed by atoms with Crippen molar-refractivity contribution in [3.05, 3.63) is 48.5 Å². The van der Waals surface area contributed by atoms with Gasteiger partial charge in [0.05, 0.1) is 36.0 Å². The molecule has 2 fully saturated rings. The number of carbonyl (C=O) groups is 1. The quantitative estimate of drug-likeness (QED) is 0.643. The normalized spacial score (nSPS) is 17.9. The average Bonchev–Trinajstić information content (AvgIpc) is 3.13. The van der Waals surface area contributed by atoms with E-state index in [0.29, 0.717) is 32.0 Å². The van der Waals surface area contributed by atoms with Crippen molar-refractivity contribution in [1.29, 1.82) is 0 Å². The molecule has 0 bridgehead atoms. The standard InChI is InChI=1S/C24H32N4O4S/c29-24(19-25-22-7-3-4-8-23(22)27-13-5-1-2-6-14-27)26-20-9-11-21(12-10-20)33(30,31)28-15-17-32-18-16-28/h3-4,7-12,25H,1-2,5-6,13-19H2,(H,26,29). The fourth-order valence-electron chi connectivity index (χ4n) is 4.24. The molecule has 2 saturated heterocycles. The molecule has 2 aliphatic rings. The summed E-state index contributed by atoms with van der Waals surface area (Å²) in [5.74, 6) is -0.190. The van der Waals surface area contributed by atoms with Crippen molar-refractivity contribution in [2.45, 2.75) is 30.6 Å². The second-order valence-electron chi connectivity index (χ2n) is 8.36. The first-order chi connectivity index (χ1) is 16.0. The maximum atomic E-state index is 12.7. The number of benzene rings is 2. The van der Waals surface area contributed by atoms with Gasteiger partial charge in [-0.2, -0.15) is 4.31 Å². The molecule has 2 heterocycles. The summed E-state index contributed by atoms with van der Waals surface area (Å²) in [5.41, 5.74) is 2.63. The summed E-state index contributed by atoms with van der Waals surface area (Å²) in [5, 5.41) is 6.10. The third-order valence-corrected chi connectivity index (χ3v) is 7.95. The fourth-order valence-corrected chi connectivity index (χ4v) is 5.65. The van der Waals surface area contributed by atoms with Crippen LogP contribution >= 0.6 is 0 Å². The van der Waals surface area contributed by atoms with E-state index in [9.17, 15) is 13.2 Å². The van der Waals surface area contributed by atoms with Gasteiger partial charge in [-0.25, -0.2) is 8.42 Å². The molecule has 4 rings (SSSR count). The molecule has 0 saturated carbocycles. The zero-order valence-corrected chi connectivity index (χ0v) is 19.6. The van der Waals surface area contributed by atoms with Gasteiger partial charge >= 0.3 is 0 Å². The number of nitrogens with zero attached hydrogens (tertiary/aromatic N) is 2. The van der Waals surface area contributed by atoms with Gasteiger partial charge in [0.15, 0.2) is 0 Å². The largest absolute Gasteiger partial charge is 0.379 e. The van der Waals surface area contributed by atoms with E-state index in [-0.39, 0.29) is 17.3 Å². The number of hydrogen-bond donors (Lipinski definition) is 2. The number of nitrogens with one attached hydrogen (secondary N) is 2. The fraction of sp³-hybridized carbons (Fsp3) is 0.458. The van der Waals surface area contributed by atoms with E-state index in [1.165, 1.54) is 42.1 Å². The van der Waals surface area contributed by atoms with E-state index in [1.54, 1.807) is 12.1 Å². The smallest absolute Gasteiger partial charge is 0.243 e. The Labute approximate surface area is 196 Å². The number of ether oxygens (including phenoxy) is 1. The first-order valence-corrected chi connectivity index (χ1v) is 13.0. The van der Waals surface area contributed by atoms with Crippen LogP contribution in [0.5, 0.6) is 0 Å². The molecule has 2 aromatic carbocycles. The van der Waals surface area contributed by atoms with E-state index in [2.05, 4.69) is 21.6 Å². The first kappa shape index (κ1) is 23.5. The van der Waals surface area contributed by atoms with Crippen LogP contribution in [-0.2, 0) is 19.6 Å². The molecule has 0 atom stereocenters. The molecule has 9 heteroatoms. The highest BCUT2D eigenvalue weighted by atomic mass is 32.2. The molecular weight excluding hydrogens is 440 g/mol. The van der Waals surface area contributed by atoms with Crippen LogP contribution in [0.4, 0.5) is 17.1 Å². The molecule has 1 amide bonds.